The molecular weight excluding hydrogens is 274 g/mol. The van der Waals surface area contributed by atoms with E-state index in [9.17, 15) is 8.42 Å². The largest absolute Gasteiger partial charge is 0.326 e. The number of hydrogen-bond acceptors (Lipinski definition) is 4. The van der Waals surface area contributed by atoms with Gasteiger partial charge in [0.1, 0.15) is 0 Å². The van der Waals surface area contributed by atoms with Crippen molar-refractivity contribution in [1.82, 2.24) is 9.71 Å². The number of rotatable bonds is 5. The maximum absolute atomic E-state index is 12.1. The lowest BCUT2D eigenvalue weighted by molar-refractivity contribution is 0.456. The fourth-order valence-electron chi connectivity index (χ4n) is 2.56. The molecule has 2 unspecified atom stereocenters. The molecular formula is C14H23N3O2S. The van der Waals surface area contributed by atoms with E-state index in [1.54, 1.807) is 6.20 Å². The van der Waals surface area contributed by atoms with E-state index in [1.807, 2.05) is 18.2 Å². The van der Waals surface area contributed by atoms with Crippen LogP contribution in [-0.2, 0) is 16.4 Å². The van der Waals surface area contributed by atoms with Gasteiger partial charge in [-0.05, 0) is 25.0 Å². The maximum atomic E-state index is 12.1. The van der Waals surface area contributed by atoms with Crippen LogP contribution in [-0.4, -0.2) is 31.2 Å². The van der Waals surface area contributed by atoms with Crippen LogP contribution in [0.2, 0.25) is 0 Å². The molecule has 1 aromatic rings. The highest BCUT2D eigenvalue weighted by atomic mass is 32.2. The van der Waals surface area contributed by atoms with Crippen molar-refractivity contribution >= 4 is 10.0 Å². The minimum atomic E-state index is -3.30. The van der Waals surface area contributed by atoms with Gasteiger partial charge in [0, 0.05) is 30.4 Å². The zero-order valence-electron chi connectivity index (χ0n) is 11.7. The molecule has 3 N–H and O–H groups in total. The lowest BCUT2D eigenvalue weighted by atomic mass is 10.1. The van der Waals surface area contributed by atoms with Crippen LogP contribution in [0.25, 0.3) is 0 Å². The minimum Gasteiger partial charge on any atom is -0.326 e. The Morgan fingerprint density at radius 1 is 1.25 bits per heavy atom. The van der Waals surface area contributed by atoms with Crippen molar-refractivity contribution < 1.29 is 8.42 Å². The van der Waals surface area contributed by atoms with E-state index in [2.05, 4.69) is 9.71 Å². The number of hydrogen-bond donors (Lipinski definition) is 2. The van der Waals surface area contributed by atoms with E-state index in [0.717, 1.165) is 37.8 Å². The van der Waals surface area contributed by atoms with Gasteiger partial charge in [0.05, 0.1) is 5.75 Å². The first-order valence-corrected chi connectivity index (χ1v) is 8.87. The molecule has 2 rings (SSSR count). The predicted octanol–water partition coefficient (Wildman–Crippen LogP) is 1.20. The van der Waals surface area contributed by atoms with Crippen LogP contribution in [0.4, 0.5) is 0 Å². The number of aromatic nitrogens is 1. The van der Waals surface area contributed by atoms with Crippen LogP contribution < -0.4 is 10.5 Å². The van der Waals surface area contributed by atoms with Gasteiger partial charge in [-0.25, -0.2) is 13.1 Å². The average molecular weight is 297 g/mol. The molecule has 1 aromatic heterocycles. The maximum Gasteiger partial charge on any atom is 0.212 e. The Balaban J connectivity index is 1.89. The molecule has 0 amide bonds. The van der Waals surface area contributed by atoms with E-state index >= 15 is 0 Å². The SMILES string of the molecule is NC1CCCCCC1NS(=O)(=O)CCc1ccccn1. The molecule has 20 heavy (non-hydrogen) atoms. The molecule has 5 nitrogen and oxygen atoms in total. The van der Waals surface area contributed by atoms with E-state index in [0.29, 0.717) is 6.42 Å². The van der Waals surface area contributed by atoms with Gasteiger partial charge in [0.15, 0.2) is 0 Å². The number of nitrogens with zero attached hydrogens (tertiary/aromatic N) is 1. The first kappa shape index (κ1) is 15.4. The summed E-state index contributed by atoms with van der Waals surface area (Å²) >= 11 is 0. The smallest absolute Gasteiger partial charge is 0.212 e. The summed E-state index contributed by atoms with van der Waals surface area (Å²) < 4.78 is 27.0. The molecule has 0 aromatic carbocycles. The van der Waals surface area contributed by atoms with Crippen molar-refractivity contribution in [2.75, 3.05) is 5.75 Å². The number of pyridine rings is 1. The zero-order valence-corrected chi connectivity index (χ0v) is 12.5. The lowest BCUT2D eigenvalue weighted by Crippen LogP contribution is -2.47. The summed E-state index contributed by atoms with van der Waals surface area (Å²) in [5.41, 5.74) is 6.85. The van der Waals surface area contributed by atoms with E-state index in [-0.39, 0.29) is 17.8 Å². The van der Waals surface area contributed by atoms with Gasteiger partial charge in [-0.15, -0.1) is 0 Å². The van der Waals surface area contributed by atoms with Gasteiger partial charge in [0.25, 0.3) is 0 Å². The average Bonchev–Trinajstić information content (AvgIpc) is 2.63. The highest BCUT2D eigenvalue weighted by Crippen LogP contribution is 2.17. The van der Waals surface area contributed by atoms with Crippen LogP contribution in [0.1, 0.15) is 37.8 Å². The number of sulfonamides is 1. The second-order valence-electron chi connectivity index (χ2n) is 5.42. The molecule has 0 bridgehead atoms. The molecule has 0 spiro atoms. The summed E-state index contributed by atoms with van der Waals surface area (Å²) in [6, 6.07) is 5.34. The highest BCUT2D eigenvalue weighted by molar-refractivity contribution is 7.89. The normalized spacial score (nSPS) is 24.2. The van der Waals surface area contributed by atoms with E-state index in [4.69, 9.17) is 5.73 Å². The standard InChI is InChI=1S/C14H23N3O2S/c15-13-7-2-1-3-8-14(13)17-20(18,19)11-9-12-6-4-5-10-16-12/h4-6,10,13-14,17H,1-3,7-9,11,15H2. The molecule has 0 saturated heterocycles. The number of nitrogens with one attached hydrogen (secondary N) is 1. The molecule has 0 radical (unpaired) electrons. The first-order chi connectivity index (χ1) is 9.57. The van der Waals surface area contributed by atoms with Gasteiger partial charge in [-0.3, -0.25) is 4.98 Å². The Morgan fingerprint density at radius 3 is 2.80 bits per heavy atom. The quantitative estimate of drug-likeness (QED) is 0.800. The van der Waals surface area contributed by atoms with Gasteiger partial charge in [-0.2, -0.15) is 0 Å². The number of aryl methyl sites for hydroxylation is 1. The second kappa shape index (κ2) is 7.15. The zero-order chi connectivity index (χ0) is 14.4. The summed E-state index contributed by atoms with van der Waals surface area (Å²) in [5, 5.41) is 0. The Kier molecular flexibility index (Phi) is 5.51. The molecule has 1 saturated carbocycles. The monoisotopic (exact) mass is 297 g/mol. The molecule has 1 aliphatic carbocycles. The fourth-order valence-corrected chi connectivity index (χ4v) is 3.91. The Hall–Kier alpha value is -0.980. The third-order valence-electron chi connectivity index (χ3n) is 3.75. The third kappa shape index (κ3) is 4.85. The Morgan fingerprint density at radius 2 is 2.05 bits per heavy atom. The van der Waals surface area contributed by atoms with Crippen molar-refractivity contribution in [3.63, 3.8) is 0 Å². The molecule has 112 valence electrons. The van der Waals surface area contributed by atoms with Crippen molar-refractivity contribution in [2.24, 2.45) is 5.73 Å². The van der Waals surface area contributed by atoms with Crippen molar-refractivity contribution in [2.45, 2.75) is 50.6 Å². The van der Waals surface area contributed by atoms with Crippen molar-refractivity contribution in [1.29, 1.82) is 0 Å². The molecule has 1 fully saturated rings. The first-order valence-electron chi connectivity index (χ1n) is 7.22. The van der Waals surface area contributed by atoms with Crippen LogP contribution in [0.15, 0.2) is 24.4 Å². The topological polar surface area (TPSA) is 85.1 Å². The third-order valence-corrected chi connectivity index (χ3v) is 5.16. The number of nitrogens with two attached hydrogens (primary N) is 1. The van der Waals surface area contributed by atoms with Crippen LogP contribution in [0, 0.1) is 0 Å². The predicted molar refractivity (Wildman–Crippen MR) is 79.7 cm³/mol. The molecule has 1 aliphatic rings. The summed E-state index contributed by atoms with van der Waals surface area (Å²) in [6.07, 6.45) is 7.11. The van der Waals surface area contributed by atoms with Gasteiger partial charge >= 0.3 is 0 Å². The summed E-state index contributed by atoms with van der Waals surface area (Å²) in [5.74, 6) is 0.0627. The summed E-state index contributed by atoms with van der Waals surface area (Å²) in [6.45, 7) is 0. The second-order valence-corrected chi connectivity index (χ2v) is 7.29. The fraction of sp³-hybridized carbons (Fsp3) is 0.643. The van der Waals surface area contributed by atoms with Gasteiger partial charge in [0.2, 0.25) is 10.0 Å². The van der Waals surface area contributed by atoms with Gasteiger partial charge in [-0.1, -0.05) is 25.3 Å². The van der Waals surface area contributed by atoms with Gasteiger partial charge < -0.3 is 5.73 Å². The molecule has 1 heterocycles. The molecule has 0 aliphatic heterocycles. The minimum absolute atomic E-state index is 0.0627. The summed E-state index contributed by atoms with van der Waals surface area (Å²) in [4.78, 5) is 4.14. The molecule has 2 atom stereocenters. The lowest BCUT2D eigenvalue weighted by Gasteiger charge is -2.22. The van der Waals surface area contributed by atoms with E-state index in [1.165, 1.54) is 0 Å². The Labute approximate surface area is 121 Å². The highest BCUT2D eigenvalue weighted by Gasteiger charge is 2.24. The van der Waals surface area contributed by atoms with Crippen LogP contribution >= 0.6 is 0 Å². The molecule has 6 heteroatoms. The van der Waals surface area contributed by atoms with E-state index < -0.39 is 10.0 Å². The summed E-state index contributed by atoms with van der Waals surface area (Å²) in [7, 11) is -3.30. The van der Waals surface area contributed by atoms with Crippen LogP contribution in [0.3, 0.4) is 0 Å². The van der Waals surface area contributed by atoms with Crippen molar-refractivity contribution in [3.8, 4) is 0 Å². The van der Waals surface area contributed by atoms with Crippen LogP contribution in [0.5, 0.6) is 0 Å². The Bertz CT molecular complexity index is 504. The van der Waals surface area contributed by atoms with Crippen molar-refractivity contribution in [3.05, 3.63) is 30.1 Å².